The van der Waals surface area contributed by atoms with Crippen molar-refractivity contribution in [1.29, 1.82) is 0 Å². The molecule has 1 unspecified atom stereocenters. The van der Waals surface area contributed by atoms with Gasteiger partial charge < -0.3 is 9.64 Å². The minimum absolute atomic E-state index is 0.0965. The minimum atomic E-state index is -4.22. The molecule has 0 fully saturated rings. The molecule has 6 heteroatoms. The van der Waals surface area contributed by atoms with Crippen molar-refractivity contribution in [2.75, 3.05) is 20.7 Å². The first-order chi connectivity index (χ1) is 8.32. The van der Waals surface area contributed by atoms with Crippen LogP contribution in [-0.2, 0) is 6.54 Å². The van der Waals surface area contributed by atoms with E-state index in [1.54, 1.807) is 25.1 Å². The summed E-state index contributed by atoms with van der Waals surface area (Å²) in [6, 6.07) is 7.28. The predicted molar refractivity (Wildman–Crippen MR) is 68.1 cm³/mol. The maximum absolute atomic E-state index is 12.4. The van der Waals surface area contributed by atoms with Gasteiger partial charge >= 0.3 is 6.18 Å². The largest absolute Gasteiger partial charge is 0.497 e. The second-order valence-corrected chi connectivity index (χ2v) is 5.16. The van der Waals surface area contributed by atoms with Crippen molar-refractivity contribution in [3.63, 3.8) is 0 Å². The van der Waals surface area contributed by atoms with Crippen LogP contribution in [0, 0.1) is 0 Å². The van der Waals surface area contributed by atoms with Gasteiger partial charge in [0, 0.05) is 13.1 Å². The molecule has 0 bridgehead atoms. The van der Waals surface area contributed by atoms with E-state index in [0.29, 0.717) is 12.3 Å². The molecule has 102 valence electrons. The second kappa shape index (κ2) is 6.43. The zero-order valence-corrected chi connectivity index (χ0v) is 11.8. The Morgan fingerprint density at radius 3 is 2.61 bits per heavy atom. The van der Waals surface area contributed by atoms with Gasteiger partial charge in [-0.25, -0.2) is 0 Å². The van der Waals surface area contributed by atoms with Gasteiger partial charge in [-0.3, -0.25) is 0 Å². The molecule has 1 rings (SSSR count). The molecular formula is C12H15BrF3NO. The van der Waals surface area contributed by atoms with E-state index in [1.807, 2.05) is 18.2 Å². The smallest absolute Gasteiger partial charge is 0.402 e. The Bertz CT molecular complexity index is 384. The number of hydrogen-bond acceptors (Lipinski definition) is 2. The van der Waals surface area contributed by atoms with E-state index in [1.165, 1.54) is 0 Å². The Balaban J connectivity index is 2.56. The summed E-state index contributed by atoms with van der Waals surface area (Å²) >= 11 is 2.65. The van der Waals surface area contributed by atoms with Crippen molar-refractivity contribution in [2.45, 2.75) is 17.5 Å². The van der Waals surface area contributed by atoms with Gasteiger partial charge in [0.25, 0.3) is 0 Å². The molecule has 0 aliphatic rings. The van der Waals surface area contributed by atoms with E-state index >= 15 is 0 Å². The number of nitrogens with zero attached hydrogens (tertiary/aromatic N) is 1. The predicted octanol–water partition coefficient (Wildman–Crippen LogP) is 3.45. The van der Waals surface area contributed by atoms with E-state index in [2.05, 4.69) is 15.9 Å². The van der Waals surface area contributed by atoms with Crippen LogP contribution in [0.15, 0.2) is 24.3 Å². The van der Waals surface area contributed by atoms with Gasteiger partial charge in [0.15, 0.2) is 0 Å². The van der Waals surface area contributed by atoms with E-state index in [9.17, 15) is 13.2 Å². The maximum atomic E-state index is 12.4. The number of halogens is 4. The zero-order chi connectivity index (χ0) is 13.8. The van der Waals surface area contributed by atoms with Gasteiger partial charge in [-0.1, -0.05) is 28.1 Å². The molecule has 0 saturated carbocycles. The molecule has 0 aliphatic heterocycles. The Labute approximate surface area is 113 Å². The van der Waals surface area contributed by atoms with Gasteiger partial charge in [-0.2, -0.15) is 13.2 Å². The van der Waals surface area contributed by atoms with Crippen LogP contribution < -0.4 is 4.74 Å². The molecular weight excluding hydrogens is 311 g/mol. The van der Waals surface area contributed by atoms with Gasteiger partial charge in [-0.15, -0.1) is 0 Å². The van der Waals surface area contributed by atoms with Crippen LogP contribution in [0.3, 0.4) is 0 Å². The van der Waals surface area contributed by atoms with Crippen molar-refractivity contribution in [2.24, 2.45) is 0 Å². The van der Waals surface area contributed by atoms with Gasteiger partial charge in [-0.05, 0) is 24.7 Å². The highest BCUT2D eigenvalue weighted by Crippen LogP contribution is 2.27. The standard InChI is InChI=1S/C12H15BrF3NO/c1-17(8-11(13)12(14,15)16)7-9-4-3-5-10(6-9)18-2/h3-6,11H,7-8H2,1-2H3. The minimum Gasteiger partial charge on any atom is -0.497 e. The summed E-state index contributed by atoms with van der Waals surface area (Å²) in [6.45, 7) is 0.343. The van der Waals surface area contributed by atoms with E-state index < -0.39 is 11.0 Å². The quantitative estimate of drug-likeness (QED) is 0.769. The van der Waals surface area contributed by atoms with Crippen LogP contribution in [0.25, 0.3) is 0 Å². The van der Waals surface area contributed by atoms with Crippen molar-refractivity contribution in [3.05, 3.63) is 29.8 Å². The van der Waals surface area contributed by atoms with E-state index in [0.717, 1.165) is 5.56 Å². The van der Waals surface area contributed by atoms with Crippen LogP contribution in [-0.4, -0.2) is 36.6 Å². The summed E-state index contributed by atoms with van der Waals surface area (Å²) in [6.07, 6.45) is -4.22. The van der Waals surface area contributed by atoms with Gasteiger partial charge in [0.1, 0.15) is 10.6 Å². The van der Waals surface area contributed by atoms with Crippen LogP contribution >= 0.6 is 15.9 Å². The van der Waals surface area contributed by atoms with Crippen molar-refractivity contribution < 1.29 is 17.9 Å². The van der Waals surface area contributed by atoms with Crippen molar-refractivity contribution >= 4 is 15.9 Å². The number of benzene rings is 1. The first kappa shape index (κ1) is 15.3. The van der Waals surface area contributed by atoms with Crippen molar-refractivity contribution in [3.8, 4) is 5.75 Å². The molecule has 1 aromatic rings. The molecule has 1 aromatic carbocycles. The summed E-state index contributed by atoms with van der Waals surface area (Å²) in [5, 5.41) is 0. The summed E-state index contributed by atoms with van der Waals surface area (Å²) in [5.74, 6) is 0.701. The average Bonchev–Trinajstić information content (AvgIpc) is 2.27. The van der Waals surface area contributed by atoms with Crippen LogP contribution in [0.4, 0.5) is 13.2 Å². The Hall–Kier alpha value is -0.750. The lowest BCUT2D eigenvalue weighted by Crippen LogP contribution is -2.35. The fourth-order valence-corrected chi connectivity index (χ4v) is 2.02. The Morgan fingerprint density at radius 2 is 2.06 bits per heavy atom. The summed E-state index contributed by atoms with van der Waals surface area (Å²) in [5.41, 5.74) is 0.915. The lowest BCUT2D eigenvalue weighted by Gasteiger charge is -2.22. The monoisotopic (exact) mass is 325 g/mol. The molecule has 0 saturated heterocycles. The normalized spacial score (nSPS) is 13.7. The third kappa shape index (κ3) is 4.86. The summed E-state index contributed by atoms with van der Waals surface area (Å²) in [7, 11) is 3.21. The van der Waals surface area contributed by atoms with Crippen LogP contribution in [0.2, 0.25) is 0 Å². The number of rotatable bonds is 5. The molecule has 0 spiro atoms. The SMILES string of the molecule is COc1cccc(CN(C)CC(Br)C(F)(F)F)c1. The summed E-state index contributed by atoms with van der Waals surface area (Å²) < 4.78 is 42.2. The number of ether oxygens (including phenoxy) is 1. The zero-order valence-electron chi connectivity index (χ0n) is 10.2. The molecule has 2 nitrogen and oxygen atoms in total. The van der Waals surface area contributed by atoms with Gasteiger partial charge in [0.2, 0.25) is 0 Å². The number of alkyl halides is 4. The Kier molecular flexibility index (Phi) is 5.47. The fourth-order valence-electron chi connectivity index (χ4n) is 1.52. The average molecular weight is 326 g/mol. The molecule has 0 N–H and O–H groups in total. The second-order valence-electron chi connectivity index (χ2n) is 4.06. The van der Waals surface area contributed by atoms with Crippen molar-refractivity contribution in [1.82, 2.24) is 4.90 Å². The highest BCUT2D eigenvalue weighted by molar-refractivity contribution is 9.09. The Morgan fingerprint density at radius 1 is 1.39 bits per heavy atom. The topological polar surface area (TPSA) is 12.5 Å². The number of methoxy groups -OCH3 is 1. The third-order valence-electron chi connectivity index (χ3n) is 2.41. The first-order valence-electron chi connectivity index (χ1n) is 5.35. The number of hydrogen-bond donors (Lipinski definition) is 0. The first-order valence-corrected chi connectivity index (χ1v) is 6.26. The fraction of sp³-hybridized carbons (Fsp3) is 0.500. The summed E-state index contributed by atoms with van der Waals surface area (Å²) in [4.78, 5) is 0.0995. The molecule has 0 heterocycles. The third-order valence-corrected chi connectivity index (χ3v) is 3.22. The van der Waals surface area contributed by atoms with Crippen LogP contribution in [0.1, 0.15) is 5.56 Å². The molecule has 0 aromatic heterocycles. The lowest BCUT2D eigenvalue weighted by atomic mass is 10.2. The lowest BCUT2D eigenvalue weighted by molar-refractivity contribution is -0.130. The molecule has 0 amide bonds. The van der Waals surface area contributed by atoms with Gasteiger partial charge in [0.05, 0.1) is 7.11 Å². The highest BCUT2D eigenvalue weighted by Gasteiger charge is 2.38. The van der Waals surface area contributed by atoms with E-state index in [-0.39, 0.29) is 6.54 Å². The molecule has 0 aliphatic carbocycles. The van der Waals surface area contributed by atoms with E-state index in [4.69, 9.17) is 4.74 Å². The molecule has 1 atom stereocenters. The molecule has 18 heavy (non-hydrogen) atoms. The maximum Gasteiger partial charge on any atom is 0.402 e. The van der Waals surface area contributed by atoms with Crippen LogP contribution in [0.5, 0.6) is 5.75 Å². The highest BCUT2D eigenvalue weighted by atomic mass is 79.9. The molecule has 0 radical (unpaired) electrons.